The van der Waals surface area contributed by atoms with Crippen molar-refractivity contribution in [1.82, 2.24) is 20.4 Å². The molecule has 7 nitrogen and oxygen atoms in total. The van der Waals surface area contributed by atoms with Crippen LogP contribution in [0, 0.1) is 5.92 Å². The Bertz CT molecular complexity index is 805. The van der Waals surface area contributed by atoms with Crippen LogP contribution in [0.25, 0.3) is 0 Å². The Labute approximate surface area is 191 Å². The van der Waals surface area contributed by atoms with Gasteiger partial charge >= 0.3 is 0 Å². The molecule has 1 heterocycles. The SMILES string of the molecule is CN[C@@H](C)C(=O)N[C@H](C(=O)N1C=CN(CCCc2ccccc2)C(=O)C1)C1CCCCC1. The number of carbonyl (C=O) groups excluding carboxylic acids is 3. The second-order valence-corrected chi connectivity index (χ2v) is 8.84. The second-order valence-electron chi connectivity index (χ2n) is 8.84. The summed E-state index contributed by atoms with van der Waals surface area (Å²) >= 11 is 0. The van der Waals surface area contributed by atoms with Gasteiger partial charge in [-0.2, -0.15) is 0 Å². The minimum Gasteiger partial charge on any atom is -0.343 e. The molecule has 0 unspecified atom stereocenters. The van der Waals surface area contributed by atoms with Crippen LogP contribution in [0.3, 0.4) is 0 Å². The monoisotopic (exact) mass is 440 g/mol. The number of carbonyl (C=O) groups is 3. The predicted molar refractivity (Wildman–Crippen MR) is 124 cm³/mol. The van der Waals surface area contributed by atoms with E-state index in [-0.39, 0.29) is 36.2 Å². The van der Waals surface area contributed by atoms with Crippen LogP contribution in [0.2, 0.25) is 0 Å². The van der Waals surface area contributed by atoms with Crippen molar-refractivity contribution in [2.45, 2.75) is 64.0 Å². The van der Waals surface area contributed by atoms with Gasteiger partial charge < -0.3 is 20.4 Å². The summed E-state index contributed by atoms with van der Waals surface area (Å²) in [7, 11) is 1.72. The van der Waals surface area contributed by atoms with Crippen LogP contribution < -0.4 is 10.6 Å². The Morgan fingerprint density at radius 2 is 1.81 bits per heavy atom. The van der Waals surface area contributed by atoms with E-state index in [1.165, 1.54) is 10.5 Å². The van der Waals surface area contributed by atoms with Gasteiger partial charge in [0.25, 0.3) is 0 Å². The first-order chi connectivity index (χ1) is 15.5. The molecule has 1 aromatic rings. The molecule has 1 aromatic carbocycles. The molecule has 1 saturated carbocycles. The number of likely N-dealkylation sites (N-methyl/N-ethyl adjacent to an activating group) is 1. The minimum atomic E-state index is -0.597. The normalized spacial score (nSPS) is 19.0. The summed E-state index contributed by atoms with van der Waals surface area (Å²) in [5.41, 5.74) is 1.25. The Balaban J connectivity index is 1.61. The molecule has 174 valence electrons. The largest absolute Gasteiger partial charge is 0.343 e. The summed E-state index contributed by atoms with van der Waals surface area (Å²) in [4.78, 5) is 41.8. The average Bonchev–Trinajstić information content (AvgIpc) is 2.83. The fourth-order valence-electron chi connectivity index (χ4n) is 4.42. The summed E-state index contributed by atoms with van der Waals surface area (Å²) in [5.74, 6) is -0.365. The van der Waals surface area contributed by atoms with Gasteiger partial charge in [0.05, 0.1) is 6.04 Å². The van der Waals surface area contributed by atoms with Gasteiger partial charge in [0.2, 0.25) is 17.7 Å². The van der Waals surface area contributed by atoms with E-state index in [1.807, 2.05) is 18.2 Å². The van der Waals surface area contributed by atoms with E-state index in [2.05, 4.69) is 22.8 Å². The lowest BCUT2D eigenvalue weighted by Crippen LogP contribution is -2.56. The Morgan fingerprint density at radius 3 is 2.47 bits per heavy atom. The van der Waals surface area contributed by atoms with E-state index in [1.54, 1.807) is 31.3 Å². The summed E-state index contributed by atoms with van der Waals surface area (Å²) in [5, 5.41) is 5.89. The molecule has 0 spiro atoms. The van der Waals surface area contributed by atoms with Gasteiger partial charge in [-0.15, -0.1) is 0 Å². The molecule has 1 aliphatic heterocycles. The lowest BCUT2D eigenvalue weighted by molar-refractivity contribution is -0.142. The molecule has 0 radical (unpaired) electrons. The molecule has 3 rings (SSSR count). The summed E-state index contributed by atoms with van der Waals surface area (Å²) < 4.78 is 0. The number of amides is 3. The van der Waals surface area contributed by atoms with Gasteiger partial charge in [0.1, 0.15) is 12.6 Å². The third kappa shape index (κ3) is 6.42. The molecule has 0 saturated heterocycles. The molecule has 32 heavy (non-hydrogen) atoms. The number of nitrogens with zero attached hydrogens (tertiary/aromatic N) is 2. The molecule has 7 heteroatoms. The Morgan fingerprint density at radius 1 is 1.09 bits per heavy atom. The first-order valence-electron chi connectivity index (χ1n) is 11.8. The summed E-state index contributed by atoms with van der Waals surface area (Å²) in [6.45, 7) is 2.41. The van der Waals surface area contributed by atoms with Crippen molar-refractivity contribution < 1.29 is 14.4 Å². The number of aryl methyl sites for hydroxylation is 1. The predicted octanol–water partition coefficient (Wildman–Crippen LogP) is 2.43. The van der Waals surface area contributed by atoms with Gasteiger partial charge in [-0.25, -0.2) is 0 Å². The standard InChI is InChI=1S/C25H36N4O3/c1-19(26-2)24(31)27-23(21-13-7-4-8-14-21)25(32)29-17-16-28(22(30)18-29)15-9-12-20-10-5-3-6-11-20/h3,5-6,10-11,16-17,19,21,23,26H,4,7-9,12-15,18H2,1-2H3,(H,27,31)/t19-,23-/m0/s1. The molecular formula is C25H36N4O3. The zero-order valence-corrected chi connectivity index (χ0v) is 19.3. The van der Waals surface area contributed by atoms with Crippen molar-refractivity contribution in [3.05, 3.63) is 48.3 Å². The maximum atomic E-state index is 13.4. The van der Waals surface area contributed by atoms with Crippen LogP contribution >= 0.6 is 0 Å². The van der Waals surface area contributed by atoms with E-state index < -0.39 is 6.04 Å². The molecule has 2 aliphatic rings. The maximum absolute atomic E-state index is 13.4. The molecule has 0 bridgehead atoms. The van der Waals surface area contributed by atoms with Crippen LogP contribution in [0.4, 0.5) is 0 Å². The summed E-state index contributed by atoms with van der Waals surface area (Å²) in [6.07, 6.45) is 10.3. The van der Waals surface area contributed by atoms with E-state index in [9.17, 15) is 14.4 Å². The van der Waals surface area contributed by atoms with Crippen molar-refractivity contribution >= 4 is 17.7 Å². The van der Waals surface area contributed by atoms with Crippen LogP contribution in [-0.2, 0) is 20.8 Å². The van der Waals surface area contributed by atoms with Crippen molar-refractivity contribution in [1.29, 1.82) is 0 Å². The molecule has 2 N–H and O–H groups in total. The second kappa shape index (κ2) is 11.8. The highest BCUT2D eigenvalue weighted by Crippen LogP contribution is 2.28. The lowest BCUT2D eigenvalue weighted by Gasteiger charge is -2.35. The van der Waals surface area contributed by atoms with Gasteiger partial charge in [0.15, 0.2) is 0 Å². The van der Waals surface area contributed by atoms with Crippen LogP contribution in [0.1, 0.15) is 51.0 Å². The third-order valence-corrected chi connectivity index (χ3v) is 6.55. The number of hydrogen-bond acceptors (Lipinski definition) is 4. The van der Waals surface area contributed by atoms with Gasteiger partial charge in [-0.1, -0.05) is 49.6 Å². The summed E-state index contributed by atoms with van der Waals surface area (Å²) in [6, 6.07) is 9.22. The fourth-order valence-corrected chi connectivity index (χ4v) is 4.42. The van der Waals surface area contributed by atoms with E-state index in [0.29, 0.717) is 6.54 Å². The number of nitrogens with one attached hydrogen (secondary N) is 2. The van der Waals surface area contributed by atoms with Gasteiger partial charge in [0, 0.05) is 18.9 Å². The highest BCUT2D eigenvalue weighted by atomic mass is 16.2. The lowest BCUT2D eigenvalue weighted by atomic mass is 9.83. The first kappa shape index (κ1) is 24.0. The van der Waals surface area contributed by atoms with Crippen molar-refractivity contribution in [3.63, 3.8) is 0 Å². The number of benzene rings is 1. The van der Waals surface area contributed by atoms with Gasteiger partial charge in [-0.3, -0.25) is 14.4 Å². The van der Waals surface area contributed by atoms with Crippen molar-refractivity contribution in [2.75, 3.05) is 20.1 Å². The van der Waals surface area contributed by atoms with Crippen molar-refractivity contribution in [2.24, 2.45) is 5.92 Å². The Hall–Kier alpha value is -2.67. The smallest absolute Gasteiger partial charge is 0.249 e. The zero-order chi connectivity index (χ0) is 22.9. The molecule has 1 aliphatic carbocycles. The molecule has 1 fully saturated rings. The number of hydrogen-bond donors (Lipinski definition) is 2. The first-order valence-corrected chi connectivity index (χ1v) is 11.8. The van der Waals surface area contributed by atoms with Crippen molar-refractivity contribution in [3.8, 4) is 0 Å². The molecule has 2 atom stereocenters. The fraction of sp³-hybridized carbons (Fsp3) is 0.560. The average molecular weight is 441 g/mol. The van der Waals surface area contributed by atoms with Crippen LogP contribution in [0.15, 0.2) is 42.7 Å². The Kier molecular flexibility index (Phi) is 8.85. The quantitative estimate of drug-likeness (QED) is 0.618. The van der Waals surface area contributed by atoms with E-state index >= 15 is 0 Å². The minimum absolute atomic E-state index is 0.0152. The topological polar surface area (TPSA) is 81.8 Å². The maximum Gasteiger partial charge on any atom is 0.249 e. The van der Waals surface area contributed by atoms with E-state index in [4.69, 9.17) is 0 Å². The zero-order valence-electron chi connectivity index (χ0n) is 19.3. The molecule has 3 amide bonds. The number of rotatable bonds is 9. The molecule has 0 aromatic heterocycles. The molecular weight excluding hydrogens is 404 g/mol. The van der Waals surface area contributed by atoms with E-state index in [0.717, 1.165) is 44.9 Å². The van der Waals surface area contributed by atoms with Crippen LogP contribution in [-0.4, -0.2) is 59.7 Å². The van der Waals surface area contributed by atoms with Crippen LogP contribution in [0.5, 0.6) is 0 Å². The third-order valence-electron chi connectivity index (χ3n) is 6.55. The highest BCUT2D eigenvalue weighted by molar-refractivity contribution is 5.93. The highest BCUT2D eigenvalue weighted by Gasteiger charge is 2.36. The van der Waals surface area contributed by atoms with Gasteiger partial charge in [-0.05, 0) is 51.1 Å².